The third-order valence-electron chi connectivity index (χ3n) is 5.30. The number of fused-ring (bicyclic) bond motifs is 2. The first-order valence-electron chi connectivity index (χ1n) is 10.4. The molecule has 0 saturated heterocycles. The summed E-state index contributed by atoms with van der Waals surface area (Å²) in [6.07, 6.45) is -0.382. The van der Waals surface area contributed by atoms with Gasteiger partial charge in [0, 0.05) is 39.9 Å². The van der Waals surface area contributed by atoms with Crippen molar-refractivity contribution in [3.8, 4) is 0 Å². The molecule has 170 valence electrons. The van der Waals surface area contributed by atoms with Crippen LogP contribution in [0.15, 0.2) is 66.7 Å². The summed E-state index contributed by atoms with van der Waals surface area (Å²) in [5.74, 6) is -2.80. The van der Waals surface area contributed by atoms with E-state index in [1.54, 1.807) is 24.3 Å². The molecule has 0 aromatic heterocycles. The minimum Gasteiger partial charge on any atom is -0.456 e. The molecule has 34 heavy (non-hydrogen) atoms. The molecule has 0 spiro atoms. The average Bonchev–Trinajstić information content (AvgIpc) is 2.85. The third-order valence-corrected chi connectivity index (χ3v) is 5.30. The molecule has 8 heteroatoms. The molecule has 0 atom stereocenters. The van der Waals surface area contributed by atoms with Crippen molar-refractivity contribution in [2.45, 2.75) is 12.8 Å². The van der Waals surface area contributed by atoms with Gasteiger partial charge in [-0.1, -0.05) is 24.3 Å². The van der Waals surface area contributed by atoms with Crippen molar-refractivity contribution in [2.24, 2.45) is 0 Å². The summed E-state index contributed by atoms with van der Waals surface area (Å²) in [6, 6.07) is 15.8. The number of carbonyl (C=O) groups is 5. The normalized spacial score (nSPS) is 11.9. The van der Waals surface area contributed by atoms with Crippen LogP contribution < -0.4 is 5.32 Å². The zero-order valence-corrected chi connectivity index (χ0v) is 17.8. The van der Waals surface area contributed by atoms with Crippen LogP contribution in [0.5, 0.6) is 0 Å². The number of benzene rings is 3. The van der Waals surface area contributed by atoms with Crippen molar-refractivity contribution < 1.29 is 33.1 Å². The number of rotatable bonds is 7. The molecule has 4 rings (SSSR count). The van der Waals surface area contributed by atoms with E-state index in [1.807, 2.05) is 0 Å². The van der Waals surface area contributed by atoms with Gasteiger partial charge in [-0.05, 0) is 42.5 Å². The Labute approximate surface area is 193 Å². The Morgan fingerprint density at radius 3 is 2.06 bits per heavy atom. The van der Waals surface area contributed by atoms with Crippen molar-refractivity contribution in [1.29, 1.82) is 0 Å². The molecule has 0 bridgehead atoms. The lowest BCUT2D eigenvalue weighted by atomic mass is 9.84. The van der Waals surface area contributed by atoms with E-state index in [0.717, 1.165) is 12.1 Å². The minimum absolute atomic E-state index is 0.144. The number of amides is 1. The lowest BCUT2D eigenvalue weighted by Crippen LogP contribution is -2.23. The van der Waals surface area contributed by atoms with Crippen LogP contribution in [0.3, 0.4) is 0 Å². The maximum Gasteiger partial charge on any atom is 0.306 e. The zero-order valence-electron chi connectivity index (χ0n) is 17.8. The topological polar surface area (TPSA) is 107 Å². The van der Waals surface area contributed by atoms with Crippen molar-refractivity contribution >= 4 is 34.9 Å². The molecule has 1 aliphatic rings. The van der Waals surface area contributed by atoms with Gasteiger partial charge in [0.1, 0.15) is 5.82 Å². The van der Waals surface area contributed by atoms with Gasteiger partial charge in [-0.15, -0.1) is 0 Å². The fourth-order valence-electron chi connectivity index (χ4n) is 3.59. The summed E-state index contributed by atoms with van der Waals surface area (Å²) in [7, 11) is 0. The number of hydrogen-bond donors (Lipinski definition) is 1. The van der Waals surface area contributed by atoms with Gasteiger partial charge in [0.15, 0.2) is 24.0 Å². The molecule has 1 aliphatic carbocycles. The number of nitrogens with one attached hydrogen (secondary N) is 1. The number of hydrogen-bond acceptors (Lipinski definition) is 6. The van der Waals surface area contributed by atoms with Gasteiger partial charge in [-0.2, -0.15) is 0 Å². The molecule has 0 heterocycles. The van der Waals surface area contributed by atoms with Gasteiger partial charge >= 0.3 is 5.97 Å². The van der Waals surface area contributed by atoms with E-state index in [4.69, 9.17) is 4.74 Å². The van der Waals surface area contributed by atoms with Crippen LogP contribution in [0.4, 0.5) is 10.1 Å². The van der Waals surface area contributed by atoms with E-state index in [9.17, 15) is 28.4 Å². The van der Waals surface area contributed by atoms with Gasteiger partial charge in [-0.3, -0.25) is 24.0 Å². The van der Waals surface area contributed by atoms with E-state index in [2.05, 4.69) is 5.32 Å². The first kappa shape index (κ1) is 22.7. The van der Waals surface area contributed by atoms with Gasteiger partial charge in [0.2, 0.25) is 0 Å². The lowest BCUT2D eigenvalue weighted by molar-refractivity contribution is -0.147. The van der Waals surface area contributed by atoms with Gasteiger partial charge in [0.05, 0.1) is 6.42 Å². The molecule has 7 nitrogen and oxygen atoms in total. The van der Waals surface area contributed by atoms with E-state index >= 15 is 0 Å². The van der Waals surface area contributed by atoms with Crippen LogP contribution in [-0.2, 0) is 14.3 Å². The number of esters is 1. The molecule has 0 aliphatic heterocycles. The van der Waals surface area contributed by atoms with Gasteiger partial charge in [-0.25, -0.2) is 4.39 Å². The van der Waals surface area contributed by atoms with Crippen molar-refractivity contribution in [3.63, 3.8) is 0 Å². The number of carbonyl (C=O) groups excluding carboxylic acids is 5. The van der Waals surface area contributed by atoms with E-state index in [-0.39, 0.29) is 52.6 Å². The van der Waals surface area contributed by atoms with Gasteiger partial charge in [0.25, 0.3) is 5.91 Å². The monoisotopic (exact) mass is 459 g/mol. The van der Waals surface area contributed by atoms with E-state index in [0.29, 0.717) is 11.1 Å². The maximum atomic E-state index is 12.9. The highest BCUT2D eigenvalue weighted by Gasteiger charge is 2.29. The Bertz CT molecular complexity index is 1330. The van der Waals surface area contributed by atoms with Crippen molar-refractivity contribution in [2.75, 3.05) is 11.9 Å². The smallest absolute Gasteiger partial charge is 0.306 e. The summed E-state index contributed by atoms with van der Waals surface area (Å²) in [5.41, 5.74) is 1.60. The first-order valence-corrected chi connectivity index (χ1v) is 10.4. The Morgan fingerprint density at radius 2 is 1.38 bits per heavy atom. The minimum atomic E-state index is -0.742. The predicted octanol–water partition coefficient (Wildman–Crippen LogP) is 3.75. The van der Waals surface area contributed by atoms with Crippen molar-refractivity contribution in [1.82, 2.24) is 0 Å². The molecule has 1 N–H and O–H groups in total. The fourth-order valence-corrected chi connectivity index (χ4v) is 3.59. The summed E-state index contributed by atoms with van der Waals surface area (Å²) >= 11 is 0. The van der Waals surface area contributed by atoms with Gasteiger partial charge < -0.3 is 10.1 Å². The van der Waals surface area contributed by atoms with E-state index < -0.39 is 24.3 Å². The quantitative estimate of drug-likeness (QED) is 0.333. The fraction of sp³-hybridized carbons (Fsp3) is 0.115. The molecule has 0 saturated carbocycles. The molecule has 1 amide bonds. The number of Topliss-reactive ketones (excluding diaryl/α,β-unsaturated/α-hetero) is 1. The van der Waals surface area contributed by atoms with Crippen molar-refractivity contribution in [3.05, 3.63) is 100 Å². The molecule has 0 radical (unpaired) electrons. The SMILES string of the molecule is O=C(COC(=O)CCC(=O)c1ccc(F)cc1)Nc1ccc2c(c1)C(=O)c1ccccc1C2=O. The summed E-state index contributed by atoms with van der Waals surface area (Å²) < 4.78 is 17.8. The Balaban J connectivity index is 1.31. The molecule has 3 aromatic rings. The molecule has 3 aromatic carbocycles. The largest absolute Gasteiger partial charge is 0.456 e. The summed E-state index contributed by atoms with van der Waals surface area (Å²) in [4.78, 5) is 61.5. The first-order chi connectivity index (χ1) is 16.3. The Morgan fingerprint density at radius 1 is 0.765 bits per heavy atom. The second kappa shape index (κ2) is 9.58. The zero-order chi connectivity index (χ0) is 24.2. The Kier molecular flexibility index (Phi) is 6.40. The second-order valence-corrected chi connectivity index (χ2v) is 7.60. The summed E-state index contributed by atoms with van der Waals surface area (Å²) in [5, 5.41) is 2.52. The average molecular weight is 459 g/mol. The van der Waals surface area contributed by atoms with Crippen LogP contribution in [-0.4, -0.2) is 35.8 Å². The number of ether oxygens (including phenoxy) is 1. The second-order valence-electron chi connectivity index (χ2n) is 7.60. The Hall–Kier alpha value is -4.46. The van der Waals surface area contributed by atoms with Crippen LogP contribution >= 0.6 is 0 Å². The van der Waals surface area contributed by atoms with Crippen LogP contribution in [0.25, 0.3) is 0 Å². The number of ketones is 3. The van der Waals surface area contributed by atoms with Crippen LogP contribution in [0.2, 0.25) is 0 Å². The standard InChI is InChI=1S/C26H18FNO6/c27-16-7-5-15(6-8-16)22(29)11-12-24(31)34-14-23(30)28-17-9-10-20-21(13-17)26(33)19-4-2-1-3-18(19)25(20)32/h1-10,13H,11-12,14H2,(H,28,30). The maximum absolute atomic E-state index is 12.9. The highest BCUT2D eigenvalue weighted by molar-refractivity contribution is 6.28. The molecular weight excluding hydrogens is 441 g/mol. The highest BCUT2D eigenvalue weighted by atomic mass is 19.1. The van der Waals surface area contributed by atoms with Crippen LogP contribution in [0.1, 0.15) is 55.0 Å². The molecule has 0 unspecified atom stereocenters. The van der Waals surface area contributed by atoms with E-state index in [1.165, 1.54) is 30.3 Å². The molecule has 0 fully saturated rings. The summed E-state index contributed by atoms with van der Waals surface area (Å²) in [6.45, 7) is -0.587. The predicted molar refractivity (Wildman–Crippen MR) is 119 cm³/mol. The van der Waals surface area contributed by atoms with Crippen LogP contribution in [0, 0.1) is 5.82 Å². The number of anilines is 1. The highest BCUT2D eigenvalue weighted by Crippen LogP contribution is 2.29. The lowest BCUT2D eigenvalue weighted by Gasteiger charge is -2.18. The number of halogens is 1. The third kappa shape index (κ3) is 4.80. The molecular formula is C26H18FNO6.